The molecule has 1 atom stereocenters. The second-order valence-corrected chi connectivity index (χ2v) is 4.26. The summed E-state index contributed by atoms with van der Waals surface area (Å²) < 4.78 is 0. The summed E-state index contributed by atoms with van der Waals surface area (Å²) in [6.07, 6.45) is 5.06. The van der Waals surface area contributed by atoms with Gasteiger partial charge in [0.1, 0.15) is 0 Å². The summed E-state index contributed by atoms with van der Waals surface area (Å²) in [6.45, 7) is 11.4. The average Bonchev–Trinajstić information content (AvgIpc) is 2.22. The van der Waals surface area contributed by atoms with E-state index in [2.05, 4.69) is 25.7 Å². The fourth-order valence-corrected chi connectivity index (χ4v) is 1.60. The van der Waals surface area contributed by atoms with E-state index >= 15 is 0 Å². The van der Waals surface area contributed by atoms with Gasteiger partial charge in [-0.25, -0.2) is 0 Å². The second-order valence-electron chi connectivity index (χ2n) is 4.26. The zero-order valence-electron chi connectivity index (χ0n) is 10.3. The molecule has 0 aromatic heterocycles. The Morgan fingerprint density at radius 1 is 1.14 bits per heavy atom. The molecule has 0 radical (unpaired) electrons. The molecule has 0 spiro atoms. The highest BCUT2D eigenvalue weighted by molar-refractivity contribution is 4.60. The highest BCUT2D eigenvalue weighted by atomic mass is 15.1. The Labute approximate surface area is 89.9 Å². The monoisotopic (exact) mass is 200 g/mol. The van der Waals surface area contributed by atoms with Gasteiger partial charge in [0.15, 0.2) is 0 Å². The summed E-state index contributed by atoms with van der Waals surface area (Å²) in [6, 6.07) is 0. The number of hydrogen-bond acceptors (Lipinski definition) is 2. The number of rotatable bonds is 9. The molecule has 0 amide bonds. The lowest BCUT2D eigenvalue weighted by molar-refractivity contribution is 0.241. The molecule has 0 aliphatic carbocycles. The van der Waals surface area contributed by atoms with E-state index in [1.807, 2.05) is 0 Å². The van der Waals surface area contributed by atoms with Crippen molar-refractivity contribution >= 4 is 0 Å². The quantitative estimate of drug-likeness (QED) is 0.579. The molecule has 0 aromatic carbocycles. The molecule has 0 aromatic rings. The predicted molar refractivity (Wildman–Crippen MR) is 64.5 cm³/mol. The Morgan fingerprint density at radius 2 is 1.86 bits per heavy atom. The van der Waals surface area contributed by atoms with Crippen molar-refractivity contribution in [2.45, 2.75) is 46.5 Å². The second kappa shape index (κ2) is 9.47. The third-order valence-corrected chi connectivity index (χ3v) is 2.89. The molecule has 2 heteroatoms. The molecular weight excluding hydrogens is 172 g/mol. The molecule has 0 aliphatic rings. The SMILES string of the molecule is CCC(C)CN(CC)CCCCCN. The smallest absolute Gasteiger partial charge is 0.000680 e. The number of unbranched alkanes of at least 4 members (excludes halogenated alkanes) is 2. The van der Waals surface area contributed by atoms with Crippen molar-refractivity contribution in [2.75, 3.05) is 26.2 Å². The maximum atomic E-state index is 5.47. The van der Waals surface area contributed by atoms with Crippen LogP contribution in [0.3, 0.4) is 0 Å². The van der Waals surface area contributed by atoms with Crippen LogP contribution >= 0.6 is 0 Å². The summed E-state index contributed by atoms with van der Waals surface area (Å²) in [5.41, 5.74) is 5.47. The van der Waals surface area contributed by atoms with Gasteiger partial charge in [0, 0.05) is 6.54 Å². The molecule has 0 saturated carbocycles. The minimum absolute atomic E-state index is 0.837. The lowest BCUT2D eigenvalue weighted by atomic mass is 10.1. The third kappa shape index (κ3) is 7.34. The largest absolute Gasteiger partial charge is 0.330 e. The molecule has 0 fully saturated rings. The summed E-state index contributed by atoms with van der Waals surface area (Å²) in [7, 11) is 0. The van der Waals surface area contributed by atoms with Gasteiger partial charge in [-0.3, -0.25) is 0 Å². The van der Waals surface area contributed by atoms with Crippen LogP contribution in [0.2, 0.25) is 0 Å². The highest BCUT2D eigenvalue weighted by Crippen LogP contribution is 2.05. The Balaban J connectivity index is 3.47. The van der Waals surface area contributed by atoms with Gasteiger partial charge in [0.05, 0.1) is 0 Å². The summed E-state index contributed by atoms with van der Waals surface area (Å²) in [4.78, 5) is 2.56. The Morgan fingerprint density at radius 3 is 2.36 bits per heavy atom. The molecule has 0 aliphatic heterocycles. The zero-order valence-corrected chi connectivity index (χ0v) is 10.3. The van der Waals surface area contributed by atoms with Gasteiger partial charge in [0.25, 0.3) is 0 Å². The molecule has 14 heavy (non-hydrogen) atoms. The zero-order chi connectivity index (χ0) is 10.8. The first kappa shape index (κ1) is 13.9. The van der Waals surface area contributed by atoms with E-state index in [1.54, 1.807) is 0 Å². The summed E-state index contributed by atoms with van der Waals surface area (Å²) in [5.74, 6) is 0.837. The van der Waals surface area contributed by atoms with Crippen LogP contribution in [0.1, 0.15) is 46.5 Å². The average molecular weight is 200 g/mol. The van der Waals surface area contributed by atoms with E-state index in [0.717, 1.165) is 12.5 Å². The molecule has 86 valence electrons. The van der Waals surface area contributed by atoms with Gasteiger partial charge in [-0.05, 0) is 38.4 Å². The van der Waals surface area contributed by atoms with Crippen molar-refractivity contribution in [2.24, 2.45) is 11.7 Å². The minimum Gasteiger partial charge on any atom is -0.330 e. The fraction of sp³-hybridized carbons (Fsp3) is 1.00. The van der Waals surface area contributed by atoms with E-state index in [-0.39, 0.29) is 0 Å². The van der Waals surface area contributed by atoms with E-state index in [9.17, 15) is 0 Å². The van der Waals surface area contributed by atoms with Gasteiger partial charge in [-0.1, -0.05) is 33.6 Å². The van der Waals surface area contributed by atoms with Crippen LogP contribution in [0.5, 0.6) is 0 Å². The van der Waals surface area contributed by atoms with E-state index in [4.69, 9.17) is 5.73 Å². The van der Waals surface area contributed by atoms with E-state index in [0.29, 0.717) is 0 Å². The summed E-state index contributed by atoms with van der Waals surface area (Å²) >= 11 is 0. The Kier molecular flexibility index (Phi) is 9.42. The van der Waals surface area contributed by atoms with Crippen molar-refractivity contribution in [3.05, 3.63) is 0 Å². The summed E-state index contributed by atoms with van der Waals surface area (Å²) in [5, 5.41) is 0. The predicted octanol–water partition coefficient (Wildman–Crippen LogP) is 2.48. The lowest BCUT2D eigenvalue weighted by Crippen LogP contribution is -2.29. The molecule has 2 N–H and O–H groups in total. The number of hydrogen-bond donors (Lipinski definition) is 1. The van der Waals surface area contributed by atoms with E-state index in [1.165, 1.54) is 45.3 Å². The number of nitrogens with zero attached hydrogens (tertiary/aromatic N) is 1. The maximum Gasteiger partial charge on any atom is 0.000680 e. The molecule has 0 bridgehead atoms. The van der Waals surface area contributed by atoms with Crippen LogP contribution in [-0.4, -0.2) is 31.1 Å². The van der Waals surface area contributed by atoms with Crippen LogP contribution in [0, 0.1) is 5.92 Å². The topological polar surface area (TPSA) is 29.3 Å². The first-order chi connectivity index (χ1) is 6.74. The number of nitrogens with two attached hydrogens (primary N) is 1. The van der Waals surface area contributed by atoms with Crippen LogP contribution < -0.4 is 5.73 Å². The van der Waals surface area contributed by atoms with Crippen molar-refractivity contribution in [3.8, 4) is 0 Å². The van der Waals surface area contributed by atoms with Crippen LogP contribution in [-0.2, 0) is 0 Å². The molecule has 0 rings (SSSR count). The van der Waals surface area contributed by atoms with E-state index < -0.39 is 0 Å². The fourth-order valence-electron chi connectivity index (χ4n) is 1.60. The van der Waals surface area contributed by atoms with Crippen molar-refractivity contribution in [1.82, 2.24) is 4.90 Å². The normalized spacial score (nSPS) is 13.5. The molecule has 2 nitrogen and oxygen atoms in total. The standard InChI is InChI=1S/C12H28N2/c1-4-12(3)11-14(5-2)10-8-6-7-9-13/h12H,4-11,13H2,1-3H3. The van der Waals surface area contributed by atoms with Crippen LogP contribution in [0.4, 0.5) is 0 Å². The van der Waals surface area contributed by atoms with Crippen molar-refractivity contribution in [1.29, 1.82) is 0 Å². The van der Waals surface area contributed by atoms with Crippen LogP contribution in [0.25, 0.3) is 0 Å². The highest BCUT2D eigenvalue weighted by Gasteiger charge is 2.06. The van der Waals surface area contributed by atoms with Crippen LogP contribution in [0.15, 0.2) is 0 Å². The molecular formula is C12H28N2. The minimum atomic E-state index is 0.837. The first-order valence-electron chi connectivity index (χ1n) is 6.16. The molecule has 1 unspecified atom stereocenters. The third-order valence-electron chi connectivity index (χ3n) is 2.89. The van der Waals surface area contributed by atoms with Gasteiger partial charge in [0.2, 0.25) is 0 Å². The van der Waals surface area contributed by atoms with Crippen molar-refractivity contribution < 1.29 is 0 Å². The Bertz CT molecular complexity index is 115. The first-order valence-corrected chi connectivity index (χ1v) is 6.16. The Hall–Kier alpha value is -0.0800. The van der Waals surface area contributed by atoms with Gasteiger partial charge in [-0.15, -0.1) is 0 Å². The molecule has 0 saturated heterocycles. The van der Waals surface area contributed by atoms with Gasteiger partial charge in [-0.2, -0.15) is 0 Å². The maximum absolute atomic E-state index is 5.47. The molecule has 0 heterocycles. The van der Waals surface area contributed by atoms with Gasteiger partial charge < -0.3 is 10.6 Å². The van der Waals surface area contributed by atoms with Gasteiger partial charge >= 0.3 is 0 Å². The van der Waals surface area contributed by atoms with Crippen molar-refractivity contribution in [3.63, 3.8) is 0 Å². The lowest BCUT2D eigenvalue weighted by Gasteiger charge is -2.23.